The van der Waals surface area contributed by atoms with Crippen LogP contribution in [0.3, 0.4) is 0 Å². The average molecular weight is 405 g/mol. The maximum absolute atomic E-state index is 13.8. The molecule has 1 amide bonds. The molecule has 0 saturated heterocycles. The molecule has 3 aromatic heterocycles. The Morgan fingerprint density at radius 3 is 2.80 bits per heavy atom. The van der Waals surface area contributed by atoms with Crippen LogP contribution in [-0.2, 0) is 6.54 Å². The number of oxazole rings is 1. The number of aromatic nitrogens is 4. The van der Waals surface area contributed by atoms with E-state index in [1.807, 2.05) is 0 Å². The number of benzene rings is 2. The summed E-state index contributed by atoms with van der Waals surface area (Å²) in [6, 6.07) is 8.91. The first kappa shape index (κ1) is 17.9. The topological polar surface area (TPSA) is 85.3 Å². The van der Waals surface area contributed by atoms with Crippen molar-refractivity contribution in [3.8, 4) is 11.5 Å². The maximum atomic E-state index is 13.8. The lowest BCUT2D eigenvalue weighted by Crippen LogP contribution is -2.23. The molecule has 0 atom stereocenters. The van der Waals surface area contributed by atoms with E-state index in [0.29, 0.717) is 23.4 Å². The largest absolute Gasteiger partial charge is 0.436 e. The van der Waals surface area contributed by atoms with E-state index in [1.165, 1.54) is 6.20 Å². The highest BCUT2D eigenvalue weighted by molar-refractivity contribution is 5.93. The molecule has 7 nitrogen and oxygen atoms in total. The molecule has 0 aliphatic carbocycles. The minimum Gasteiger partial charge on any atom is -0.436 e. The second-order valence-electron chi connectivity index (χ2n) is 6.61. The molecular formula is C21H13F2N5O2. The molecule has 5 aromatic rings. The van der Waals surface area contributed by atoms with Crippen LogP contribution in [0.1, 0.15) is 15.9 Å². The Kier molecular flexibility index (Phi) is 4.20. The molecule has 0 aliphatic rings. The molecule has 0 fully saturated rings. The Morgan fingerprint density at radius 2 is 1.97 bits per heavy atom. The van der Waals surface area contributed by atoms with Gasteiger partial charge in [-0.15, -0.1) is 0 Å². The van der Waals surface area contributed by atoms with Crippen LogP contribution in [-0.4, -0.2) is 25.3 Å². The standard InChI is InChI=1S/C21H13F2N5O2/c22-15-7-16(23)18-17(8-15)30-20(27-18)13-3-1-12(2-4-13)9-25-19(29)14-10-26-21-24-5-6-28(21)11-14/h1-8,10-11H,9H2,(H,25,29). The highest BCUT2D eigenvalue weighted by Crippen LogP contribution is 2.26. The van der Waals surface area contributed by atoms with Crippen molar-refractivity contribution in [1.82, 2.24) is 24.7 Å². The van der Waals surface area contributed by atoms with Gasteiger partial charge in [0.1, 0.15) is 11.3 Å². The molecule has 9 heteroatoms. The summed E-state index contributed by atoms with van der Waals surface area (Å²) in [6.45, 7) is 0.300. The third kappa shape index (κ3) is 3.26. The number of rotatable bonds is 4. The average Bonchev–Trinajstić information content (AvgIpc) is 3.38. The van der Waals surface area contributed by atoms with E-state index in [-0.39, 0.29) is 22.9 Å². The lowest BCUT2D eigenvalue weighted by atomic mass is 10.1. The lowest BCUT2D eigenvalue weighted by molar-refractivity contribution is 0.0950. The number of imidazole rings is 1. The number of nitrogens with one attached hydrogen (secondary N) is 1. The van der Waals surface area contributed by atoms with Crippen LogP contribution in [0.5, 0.6) is 0 Å². The second-order valence-corrected chi connectivity index (χ2v) is 6.61. The Balaban J connectivity index is 1.30. The summed E-state index contributed by atoms with van der Waals surface area (Å²) in [4.78, 5) is 24.6. The number of hydrogen-bond donors (Lipinski definition) is 1. The van der Waals surface area contributed by atoms with E-state index in [1.54, 1.807) is 47.3 Å². The quantitative estimate of drug-likeness (QED) is 0.492. The summed E-state index contributed by atoms with van der Waals surface area (Å²) in [6.07, 6.45) is 6.44. The van der Waals surface area contributed by atoms with Crippen LogP contribution in [0.4, 0.5) is 8.78 Å². The number of amides is 1. The molecule has 5 rings (SSSR count). The smallest absolute Gasteiger partial charge is 0.254 e. The normalized spacial score (nSPS) is 11.3. The Labute approximate surface area is 168 Å². The molecule has 0 aliphatic heterocycles. The van der Waals surface area contributed by atoms with E-state index < -0.39 is 11.6 Å². The van der Waals surface area contributed by atoms with Gasteiger partial charge in [-0.2, -0.15) is 0 Å². The van der Waals surface area contributed by atoms with Gasteiger partial charge in [0.2, 0.25) is 11.7 Å². The molecule has 0 bridgehead atoms. The first-order valence-corrected chi connectivity index (χ1v) is 8.99. The highest BCUT2D eigenvalue weighted by atomic mass is 19.1. The van der Waals surface area contributed by atoms with E-state index >= 15 is 0 Å². The molecule has 30 heavy (non-hydrogen) atoms. The molecule has 0 spiro atoms. The van der Waals surface area contributed by atoms with Gasteiger partial charge in [0.25, 0.3) is 5.91 Å². The van der Waals surface area contributed by atoms with Gasteiger partial charge in [-0.05, 0) is 17.7 Å². The van der Waals surface area contributed by atoms with E-state index in [9.17, 15) is 13.6 Å². The number of carbonyl (C=O) groups excluding carboxylic acids is 1. The van der Waals surface area contributed by atoms with Crippen LogP contribution in [0, 0.1) is 11.6 Å². The Bertz CT molecular complexity index is 1390. The van der Waals surface area contributed by atoms with Gasteiger partial charge in [0, 0.05) is 49.0 Å². The van der Waals surface area contributed by atoms with Crippen LogP contribution in [0.25, 0.3) is 28.3 Å². The van der Waals surface area contributed by atoms with Crippen LogP contribution < -0.4 is 5.32 Å². The van der Waals surface area contributed by atoms with Gasteiger partial charge in [0.05, 0.1) is 5.56 Å². The first-order valence-electron chi connectivity index (χ1n) is 8.99. The molecular weight excluding hydrogens is 392 g/mol. The summed E-state index contributed by atoms with van der Waals surface area (Å²) in [7, 11) is 0. The zero-order chi connectivity index (χ0) is 20.7. The van der Waals surface area contributed by atoms with Gasteiger partial charge in [-0.25, -0.2) is 23.7 Å². The van der Waals surface area contributed by atoms with Gasteiger partial charge < -0.3 is 9.73 Å². The van der Waals surface area contributed by atoms with Crippen molar-refractivity contribution < 1.29 is 18.0 Å². The number of carbonyl (C=O) groups is 1. The summed E-state index contributed by atoms with van der Waals surface area (Å²) in [5.41, 5.74) is 1.89. The van der Waals surface area contributed by atoms with Crippen molar-refractivity contribution in [2.75, 3.05) is 0 Å². The fourth-order valence-electron chi connectivity index (χ4n) is 3.06. The van der Waals surface area contributed by atoms with Crippen molar-refractivity contribution in [3.05, 3.63) is 83.9 Å². The monoisotopic (exact) mass is 405 g/mol. The summed E-state index contributed by atoms with van der Waals surface area (Å²) >= 11 is 0. The van der Waals surface area contributed by atoms with Gasteiger partial charge in [-0.1, -0.05) is 12.1 Å². The van der Waals surface area contributed by atoms with Crippen molar-refractivity contribution in [1.29, 1.82) is 0 Å². The number of hydrogen-bond acceptors (Lipinski definition) is 5. The van der Waals surface area contributed by atoms with Crippen molar-refractivity contribution in [3.63, 3.8) is 0 Å². The third-order valence-corrected chi connectivity index (χ3v) is 4.57. The summed E-state index contributed by atoms with van der Waals surface area (Å²) in [5.74, 6) is -1.06. The SMILES string of the molecule is O=C(NCc1ccc(-c2nc3c(F)cc(F)cc3o2)cc1)c1cnc2nccn2c1. The van der Waals surface area contributed by atoms with Gasteiger partial charge in [0.15, 0.2) is 11.4 Å². The van der Waals surface area contributed by atoms with Crippen LogP contribution in [0.15, 0.2) is 65.6 Å². The fraction of sp³-hybridized carbons (Fsp3) is 0.0476. The Morgan fingerprint density at radius 1 is 1.13 bits per heavy atom. The molecule has 3 heterocycles. The zero-order valence-electron chi connectivity index (χ0n) is 15.3. The van der Waals surface area contributed by atoms with E-state index in [0.717, 1.165) is 17.7 Å². The molecule has 1 N–H and O–H groups in total. The van der Waals surface area contributed by atoms with Gasteiger partial charge >= 0.3 is 0 Å². The molecule has 148 valence electrons. The molecule has 2 aromatic carbocycles. The lowest BCUT2D eigenvalue weighted by Gasteiger charge is -2.06. The molecule has 0 saturated carbocycles. The zero-order valence-corrected chi connectivity index (χ0v) is 15.3. The summed E-state index contributed by atoms with van der Waals surface area (Å²) < 4.78 is 34.3. The van der Waals surface area contributed by atoms with Crippen LogP contribution in [0.2, 0.25) is 0 Å². The molecule has 0 unspecified atom stereocenters. The highest BCUT2D eigenvalue weighted by Gasteiger charge is 2.14. The van der Waals surface area contributed by atoms with E-state index in [4.69, 9.17) is 4.42 Å². The number of halogens is 2. The van der Waals surface area contributed by atoms with E-state index in [2.05, 4.69) is 20.3 Å². The van der Waals surface area contributed by atoms with Crippen molar-refractivity contribution in [2.24, 2.45) is 0 Å². The van der Waals surface area contributed by atoms with Crippen molar-refractivity contribution in [2.45, 2.75) is 6.54 Å². The molecule has 0 radical (unpaired) electrons. The Hall–Kier alpha value is -4.14. The first-order chi connectivity index (χ1) is 14.6. The number of fused-ring (bicyclic) bond motifs is 2. The maximum Gasteiger partial charge on any atom is 0.254 e. The minimum atomic E-state index is -0.775. The summed E-state index contributed by atoms with van der Waals surface area (Å²) in [5, 5.41) is 2.82. The number of nitrogens with zero attached hydrogens (tertiary/aromatic N) is 4. The predicted octanol–water partition coefficient (Wildman–Crippen LogP) is 3.75. The predicted molar refractivity (Wildman–Crippen MR) is 104 cm³/mol. The van der Waals surface area contributed by atoms with Crippen LogP contribution >= 0.6 is 0 Å². The third-order valence-electron chi connectivity index (χ3n) is 4.57. The second kappa shape index (κ2) is 7.03. The fourth-order valence-corrected chi connectivity index (χ4v) is 3.06. The van der Waals surface area contributed by atoms with Crippen molar-refractivity contribution >= 4 is 22.8 Å². The minimum absolute atomic E-state index is 0.0220. The van der Waals surface area contributed by atoms with Gasteiger partial charge in [-0.3, -0.25) is 9.20 Å².